The van der Waals surface area contributed by atoms with Crippen molar-refractivity contribution in [1.82, 2.24) is 9.78 Å². The standard InChI is InChI=1S/C15H16N4O/c1-3-8-19-14(17)13(9-16)15(18-19)20-10-12-6-4-11(2)5-7-12/h3-7H,1,8,10,17H2,2H3. The van der Waals surface area contributed by atoms with E-state index < -0.39 is 0 Å². The molecule has 0 unspecified atom stereocenters. The highest BCUT2D eigenvalue weighted by molar-refractivity contribution is 5.55. The highest BCUT2D eigenvalue weighted by atomic mass is 16.5. The van der Waals surface area contributed by atoms with Gasteiger partial charge in [0.25, 0.3) is 5.88 Å². The van der Waals surface area contributed by atoms with Crippen LogP contribution in [-0.4, -0.2) is 9.78 Å². The summed E-state index contributed by atoms with van der Waals surface area (Å²) in [6, 6.07) is 9.99. The van der Waals surface area contributed by atoms with Crippen molar-refractivity contribution < 1.29 is 4.74 Å². The van der Waals surface area contributed by atoms with Crippen LogP contribution in [0.5, 0.6) is 5.88 Å². The number of hydrogen-bond acceptors (Lipinski definition) is 4. The molecule has 0 atom stereocenters. The summed E-state index contributed by atoms with van der Waals surface area (Å²) in [4.78, 5) is 0. The van der Waals surface area contributed by atoms with Crippen LogP contribution >= 0.6 is 0 Å². The molecule has 1 aromatic heterocycles. The molecule has 0 radical (unpaired) electrons. The molecule has 5 heteroatoms. The van der Waals surface area contributed by atoms with Gasteiger partial charge in [-0.25, -0.2) is 4.68 Å². The lowest BCUT2D eigenvalue weighted by Crippen LogP contribution is -2.03. The number of nitrogens with two attached hydrogens (primary N) is 1. The van der Waals surface area contributed by atoms with Crippen LogP contribution in [-0.2, 0) is 13.2 Å². The summed E-state index contributed by atoms with van der Waals surface area (Å²) < 4.78 is 7.09. The zero-order valence-corrected chi connectivity index (χ0v) is 11.3. The Bertz CT molecular complexity index is 650. The fraction of sp³-hybridized carbons (Fsp3) is 0.200. The van der Waals surface area contributed by atoms with Gasteiger partial charge in [0.05, 0.1) is 6.54 Å². The largest absolute Gasteiger partial charge is 0.471 e. The molecule has 0 saturated heterocycles. The van der Waals surface area contributed by atoms with Crippen LogP contribution < -0.4 is 10.5 Å². The SMILES string of the molecule is C=CCn1nc(OCc2ccc(C)cc2)c(C#N)c1N. The highest BCUT2D eigenvalue weighted by Gasteiger charge is 2.16. The third-order valence-corrected chi connectivity index (χ3v) is 2.87. The number of nitrogen functional groups attached to an aromatic ring is 1. The van der Waals surface area contributed by atoms with E-state index in [-0.39, 0.29) is 11.4 Å². The van der Waals surface area contributed by atoms with E-state index in [2.05, 4.69) is 11.7 Å². The monoisotopic (exact) mass is 268 g/mol. The second-order valence-electron chi connectivity index (χ2n) is 4.42. The molecule has 20 heavy (non-hydrogen) atoms. The number of benzene rings is 1. The Morgan fingerprint density at radius 2 is 2.15 bits per heavy atom. The molecule has 0 aliphatic carbocycles. The molecule has 0 amide bonds. The number of anilines is 1. The van der Waals surface area contributed by atoms with E-state index >= 15 is 0 Å². The predicted molar refractivity (Wildman–Crippen MR) is 77.1 cm³/mol. The summed E-state index contributed by atoms with van der Waals surface area (Å²) in [5.74, 6) is 0.554. The quantitative estimate of drug-likeness (QED) is 0.845. The first-order chi connectivity index (χ1) is 9.65. The highest BCUT2D eigenvalue weighted by Crippen LogP contribution is 2.23. The van der Waals surface area contributed by atoms with Crippen molar-refractivity contribution in [2.45, 2.75) is 20.1 Å². The topological polar surface area (TPSA) is 76.9 Å². The van der Waals surface area contributed by atoms with Crippen LogP contribution in [0.3, 0.4) is 0 Å². The molecular formula is C15H16N4O. The molecule has 1 heterocycles. The molecule has 0 bridgehead atoms. The smallest absolute Gasteiger partial charge is 0.253 e. The lowest BCUT2D eigenvalue weighted by Gasteiger charge is -2.03. The first kappa shape index (κ1) is 13.7. The number of ether oxygens (including phenoxy) is 1. The van der Waals surface area contributed by atoms with Gasteiger partial charge in [-0.1, -0.05) is 35.9 Å². The molecule has 5 nitrogen and oxygen atoms in total. The first-order valence-corrected chi connectivity index (χ1v) is 6.21. The molecule has 0 saturated carbocycles. The number of nitriles is 1. The fourth-order valence-corrected chi connectivity index (χ4v) is 1.76. The van der Waals surface area contributed by atoms with E-state index in [1.54, 1.807) is 6.08 Å². The first-order valence-electron chi connectivity index (χ1n) is 6.21. The Hall–Kier alpha value is -2.74. The van der Waals surface area contributed by atoms with Gasteiger partial charge in [-0.15, -0.1) is 11.7 Å². The Labute approximate surface area is 117 Å². The van der Waals surface area contributed by atoms with Gasteiger partial charge < -0.3 is 10.5 Å². The summed E-state index contributed by atoms with van der Waals surface area (Å²) in [7, 11) is 0. The molecule has 0 fully saturated rings. The van der Waals surface area contributed by atoms with Gasteiger partial charge >= 0.3 is 0 Å². The second kappa shape index (κ2) is 5.93. The maximum Gasteiger partial charge on any atom is 0.253 e. The average Bonchev–Trinajstić information content (AvgIpc) is 2.75. The third kappa shape index (κ3) is 2.81. The zero-order valence-electron chi connectivity index (χ0n) is 11.3. The number of aromatic nitrogens is 2. The molecule has 102 valence electrons. The van der Waals surface area contributed by atoms with Crippen LogP contribution in [0.25, 0.3) is 0 Å². The molecule has 2 N–H and O–H groups in total. The van der Waals surface area contributed by atoms with Gasteiger partial charge in [0, 0.05) is 0 Å². The van der Waals surface area contributed by atoms with Crippen molar-refractivity contribution in [2.75, 3.05) is 5.73 Å². The molecule has 2 rings (SSSR count). The van der Waals surface area contributed by atoms with Gasteiger partial charge in [0.1, 0.15) is 18.5 Å². The van der Waals surface area contributed by atoms with Crippen molar-refractivity contribution in [2.24, 2.45) is 0 Å². The maximum atomic E-state index is 9.13. The minimum atomic E-state index is 0.257. The minimum Gasteiger partial charge on any atom is -0.471 e. The number of rotatable bonds is 5. The summed E-state index contributed by atoms with van der Waals surface area (Å²) in [5.41, 5.74) is 8.30. The van der Waals surface area contributed by atoms with E-state index in [1.807, 2.05) is 37.3 Å². The van der Waals surface area contributed by atoms with E-state index in [4.69, 9.17) is 15.7 Å². The van der Waals surface area contributed by atoms with E-state index in [0.717, 1.165) is 5.56 Å². The van der Waals surface area contributed by atoms with Crippen molar-refractivity contribution in [1.29, 1.82) is 5.26 Å². The van der Waals surface area contributed by atoms with Crippen LogP contribution in [0.4, 0.5) is 5.82 Å². The van der Waals surface area contributed by atoms with Crippen molar-refractivity contribution in [3.05, 3.63) is 53.6 Å². The molecule has 0 aliphatic heterocycles. The Morgan fingerprint density at radius 1 is 1.45 bits per heavy atom. The lowest BCUT2D eigenvalue weighted by molar-refractivity contribution is 0.289. The number of aryl methyl sites for hydroxylation is 1. The maximum absolute atomic E-state index is 9.13. The molecule has 1 aromatic carbocycles. The van der Waals surface area contributed by atoms with Gasteiger partial charge in [0.15, 0.2) is 5.56 Å². The summed E-state index contributed by atoms with van der Waals surface area (Å²) >= 11 is 0. The van der Waals surface area contributed by atoms with Gasteiger partial charge in [0.2, 0.25) is 0 Å². The van der Waals surface area contributed by atoms with Crippen LogP contribution in [0.15, 0.2) is 36.9 Å². The zero-order chi connectivity index (χ0) is 14.5. The molecule has 2 aromatic rings. The second-order valence-corrected chi connectivity index (χ2v) is 4.42. The molecule has 0 aliphatic rings. The molecule has 0 spiro atoms. The fourth-order valence-electron chi connectivity index (χ4n) is 1.76. The van der Waals surface area contributed by atoms with E-state index in [9.17, 15) is 0 Å². The van der Waals surface area contributed by atoms with Gasteiger partial charge in [-0.05, 0) is 12.5 Å². The Balaban J connectivity index is 2.17. The Kier molecular flexibility index (Phi) is 4.06. The van der Waals surface area contributed by atoms with Crippen LogP contribution in [0.1, 0.15) is 16.7 Å². The van der Waals surface area contributed by atoms with Gasteiger partial charge in [-0.2, -0.15) is 5.26 Å². The van der Waals surface area contributed by atoms with Crippen molar-refractivity contribution in [3.8, 4) is 11.9 Å². The number of nitrogens with zero attached hydrogens (tertiary/aromatic N) is 3. The predicted octanol–water partition coefficient (Wildman–Crippen LogP) is 2.41. The average molecular weight is 268 g/mol. The molecular weight excluding hydrogens is 252 g/mol. The van der Waals surface area contributed by atoms with Crippen molar-refractivity contribution in [3.63, 3.8) is 0 Å². The summed E-state index contributed by atoms with van der Waals surface area (Å²) in [6.07, 6.45) is 1.66. The van der Waals surface area contributed by atoms with Gasteiger partial charge in [-0.3, -0.25) is 0 Å². The van der Waals surface area contributed by atoms with Crippen LogP contribution in [0.2, 0.25) is 0 Å². The number of allylic oxidation sites excluding steroid dienone is 1. The lowest BCUT2D eigenvalue weighted by atomic mass is 10.2. The van der Waals surface area contributed by atoms with E-state index in [1.165, 1.54) is 10.2 Å². The number of hydrogen-bond donors (Lipinski definition) is 1. The van der Waals surface area contributed by atoms with Crippen molar-refractivity contribution >= 4 is 5.82 Å². The minimum absolute atomic E-state index is 0.257. The summed E-state index contributed by atoms with van der Waals surface area (Å²) in [5, 5.41) is 13.3. The van der Waals surface area contributed by atoms with Crippen LogP contribution in [0, 0.1) is 18.3 Å². The Morgan fingerprint density at radius 3 is 2.75 bits per heavy atom. The summed E-state index contributed by atoms with van der Waals surface area (Å²) in [6.45, 7) is 6.43. The third-order valence-electron chi connectivity index (χ3n) is 2.87. The van der Waals surface area contributed by atoms with E-state index in [0.29, 0.717) is 19.0 Å². The normalized spacial score (nSPS) is 10.0.